The summed E-state index contributed by atoms with van der Waals surface area (Å²) in [5.41, 5.74) is 4.69. The number of aliphatic hydroxyl groups is 1. The molecule has 0 fully saturated rings. The minimum atomic E-state index is -1.53. The van der Waals surface area contributed by atoms with Gasteiger partial charge in [-0.15, -0.1) is 0 Å². The third kappa shape index (κ3) is 4.76. The molecule has 41 heavy (non-hydrogen) atoms. The number of rotatable bonds is 7. The second-order valence-corrected chi connectivity index (χ2v) is 10.8. The Balaban J connectivity index is 1.50. The number of aryl methyl sites for hydroxylation is 2. The van der Waals surface area contributed by atoms with Crippen LogP contribution in [-0.2, 0) is 19.1 Å². The number of hydrogen-bond donors (Lipinski definition) is 1. The fourth-order valence-electron chi connectivity index (χ4n) is 5.30. The maximum Gasteiger partial charge on any atom is 0.218 e. The van der Waals surface area contributed by atoms with Crippen molar-refractivity contribution in [2.24, 2.45) is 7.05 Å². The molecule has 3 aromatic carbocycles. The summed E-state index contributed by atoms with van der Waals surface area (Å²) < 4.78 is 9.33. The smallest absolute Gasteiger partial charge is 0.218 e. The molecule has 6 aromatic rings. The maximum absolute atomic E-state index is 12.5. The van der Waals surface area contributed by atoms with E-state index in [1.165, 1.54) is 0 Å². The van der Waals surface area contributed by atoms with E-state index in [2.05, 4.69) is 10.1 Å². The van der Waals surface area contributed by atoms with E-state index >= 15 is 0 Å². The molecule has 9 heteroatoms. The van der Waals surface area contributed by atoms with Crippen LogP contribution in [0.4, 0.5) is 0 Å². The van der Waals surface area contributed by atoms with Crippen LogP contribution in [0.3, 0.4) is 0 Å². The first-order valence-electron chi connectivity index (χ1n) is 13.0. The zero-order valence-corrected chi connectivity index (χ0v) is 24.2. The maximum atomic E-state index is 12.5. The van der Waals surface area contributed by atoms with Gasteiger partial charge >= 0.3 is 0 Å². The van der Waals surface area contributed by atoms with Crippen LogP contribution in [0.15, 0.2) is 91.6 Å². The fourth-order valence-corrected chi connectivity index (χ4v) is 5.72. The van der Waals surface area contributed by atoms with Gasteiger partial charge in [-0.2, -0.15) is 5.10 Å². The van der Waals surface area contributed by atoms with Gasteiger partial charge in [0.25, 0.3) is 0 Å². The number of fused-ring (bicyclic) bond motifs is 1. The van der Waals surface area contributed by atoms with Gasteiger partial charge in [0, 0.05) is 41.8 Å². The third-order valence-electron chi connectivity index (χ3n) is 7.42. The Hall–Kier alpha value is -4.17. The first-order chi connectivity index (χ1) is 19.8. The zero-order valence-electron chi connectivity index (χ0n) is 22.7. The fraction of sp³-hybridized carbons (Fsp3) is 0.156. The van der Waals surface area contributed by atoms with E-state index in [1.807, 2.05) is 79.4 Å². The van der Waals surface area contributed by atoms with Crippen LogP contribution in [0.25, 0.3) is 16.6 Å². The Morgan fingerprint density at radius 2 is 1.76 bits per heavy atom. The normalized spacial score (nSPS) is 12.9. The lowest BCUT2D eigenvalue weighted by Gasteiger charge is -2.30. The van der Waals surface area contributed by atoms with E-state index in [0.29, 0.717) is 44.7 Å². The Morgan fingerprint density at radius 1 is 1.00 bits per heavy atom. The molecule has 0 bridgehead atoms. The monoisotopic (exact) mass is 583 g/mol. The summed E-state index contributed by atoms with van der Waals surface area (Å²) in [7, 11) is 3.45. The highest BCUT2D eigenvalue weighted by Gasteiger charge is 2.37. The first kappa shape index (κ1) is 27.0. The van der Waals surface area contributed by atoms with Crippen LogP contribution in [0.5, 0.6) is 5.88 Å². The molecular weight excluding hydrogens is 557 g/mol. The number of pyridine rings is 1. The van der Waals surface area contributed by atoms with Crippen molar-refractivity contribution in [2.75, 3.05) is 7.11 Å². The largest absolute Gasteiger partial charge is 0.481 e. The van der Waals surface area contributed by atoms with Crippen LogP contribution in [-0.4, -0.2) is 36.5 Å². The molecule has 0 aliphatic carbocycles. The average molecular weight is 585 g/mol. The topological polar surface area (TPSA) is 78.0 Å². The molecule has 0 aliphatic heterocycles. The second kappa shape index (κ2) is 10.7. The molecule has 0 saturated carbocycles. The van der Waals surface area contributed by atoms with Gasteiger partial charge in [0.2, 0.25) is 5.88 Å². The number of methoxy groups -OCH3 is 1. The van der Waals surface area contributed by atoms with Crippen LogP contribution in [0.2, 0.25) is 10.0 Å². The Bertz CT molecular complexity index is 1850. The molecule has 1 N–H and O–H groups in total. The van der Waals surface area contributed by atoms with Gasteiger partial charge in [0.05, 0.1) is 41.6 Å². The summed E-state index contributed by atoms with van der Waals surface area (Å²) in [5.74, 6) is 0.467. The number of nitrogens with zero attached hydrogens (tertiary/aromatic N) is 5. The van der Waals surface area contributed by atoms with Crippen molar-refractivity contribution in [3.05, 3.63) is 135 Å². The molecule has 1 atom stereocenters. The Morgan fingerprint density at radius 3 is 2.39 bits per heavy atom. The van der Waals surface area contributed by atoms with Crippen molar-refractivity contribution in [2.45, 2.75) is 18.9 Å². The lowest BCUT2D eigenvalue weighted by Crippen LogP contribution is -2.31. The van der Waals surface area contributed by atoms with E-state index in [9.17, 15) is 5.11 Å². The van der Waals surface area contributed by atoms with Gasteiger partial charge in [-0.1, -0.05) is 53.5 Å². The molecule has 1 unspecified atom stereocenters. The molecule has 0 amide bonds. The van der Waals surface area contributed by atoms with E-state index < -0.39 is 5.60 Å². The van der Waals surface area contributed by atoms with Crippen molar-refractivity contribution in [1.82, 2.24) is 24.3 Å². The van der Waals surface area contributed by atoms with Crippen molar-refractivity contribution in [1.29, 1.82) is 0 Å². The minimum Gasteiger partial charge on any atom is -0.481 e. The highest BCUT2D eigenvalue weighted by atomic mass is 35.5. The molecule has 7 nitrogen and oxygen atoms in total. The highest BCUT2D eigenvalue weighted by molar-refractivity contribution is 6.36. The van der Waals surface area contributed by atoms with Crippen LogP contribution in [0.1, 0.15) is 33.5 Å². The Labute approximate surface area is 247 Å². The molecule has 0 saturated heterocycles. The quantitative estimate of drug-likeness (QED) is 0.227. The summed E-state index contributed by atoms with van der Waals surface area (Å²) in [6.07, 6.45) is 7.49. The highest BCUT2D eigenvalue weighted by Crippen LogP contribution is 2.42. The summed E-state index contributed by atoms with van der Waals surface area (Å²) in [4.78, 5) is 9.14. The van der Waals surface area contributed by atoms with Gasteiger partial charge < -0.3 is 14.4 Å². The average Bonchev–Trinajstić information content (AvgIpc) is 3.67. The Kier molecular flexibility index (Phi) is 7.03. The van der Waals surface area contributed by atoms with Crippen LogP contribution >= 0.6 is 23.2 Å². The predicted molar refractivity (Wildman–Crippen MR) is 161 cm³/mol. The van der Waals surface area contributed by atoms with E-state index in [4.69, 9.17) is 32.9 Å². The third-order valence-corrected chi connectivity index (χ3v) is 8.10. The van der Waals surface area contributed by atoms with Gasteiger partial charge in [0.1, 0.15) is 0 Å². The van der Waals surface area contributed by atoms with Crippen molar-refractivity contribution in [3.8, 4) is 11.6 Å². The summed E-state index contributed by atoms with van der Waals surface area (Å²) >= 11 is 13.3. The summed E-state index contributed by atoms with van der Waals surface area (Å²) in [5, 5.41) is 18.6. The molecule has 0 radical (unpaired) electrons. The van der Waals surface area contributed by atoms with Gasteiger partial charge in [-0.05, 0) is 65.6 Å². The lowest BCUT2D eigenvalue weighted by molar-refractivity contribution is 0.117. The van der Waals surface area contributed by atoms with Crippen molar-refractivity contribution < 1.29 is 9.84 Å². The van der Waals surface area contributed by atoms with Crippen LogP contribution < -0.4 is 4.74 Å². The summed E-state index contributed by atoms with van der Waals surface area (Å²) in [6.45, 7) is 1.95. The van der Waals surface area contributed by atoms with Crippen molar-refractivity contribution in [3.63, 3.8) is 0 Å². The molecule has 0 aliphatic rings. The lowest BCUT2D eigenvalue weighted by atomic mass is 9.82. The van der Waals surface area contributed by atoms with Gasteiger partial charge in [-0.3, -0.25) is 0 Å². The number of imidazole rings is 1. The van der Waals surface area contributed by atoms with Crippen molar-refractivity contribution >= 4 is 34.1 Å². The molecule has 3 aromatic heterocycles. The zero-order chi connectivity index (χ0) is 28.7. The molecule has 3 heterocycles. The second-order valence-electron chi connectivity index (χ2n) is 10.0. The van der Waals surface area contributed by atoms with E-state index in [-0.39, 0.29) is 0 Å². The molecule has 6 rings (SSSR count). The van der Waals surface area contributed by atoms with E-state index in [0.717, 1.165) is 27.8 Å². The first-order valence-corrected chi connectivity index (χ1v) is 13.8. The number of ether oxygens (including phenoxy) is 1. The van der Waals surface area contributed by atoms with Crippen LogP contribution in [0, 0.1) is 6.92 Å². The SMILES string of the molecule is COc1nc2c(C)cc(C(O)(c3ccc(Cl)cc3)c3cncn3C)cc2c(Cl)c1Cc1ccc(-n2cccn2)cc1. The number of halogens is 2. The summed E-state index contributed by atoms with van der Waals surface area (Å²) in [6, 6.07) is 21.0. The standard InChI is InChI=1S/C32H27Cl2N5O2/c1-20-15-23(32(40,28-18-35-19-38(28)2)22-7-9-24(33)10-8-22)17-26-29(34)27(31(41-3)37-30(20)26)16-21-5-11-25(12-6-21)39-14-4-13-36-39/h4-15,17-19,40H,16H2,1-3H3. The predicted octanol–water partition coefficient (Wildman–Crippen LogP) is 6.65. The molecular formula is C32H27Cl2N5O2. The molecule has 206 valence electrons. The number of hydrogen-bond acceptors (Lipinski definition) is 5. The van der Waals surface area contributed by atoms with E-state index in [1.54, 1.807) is 42.5 Å². The minimum absolute atomic E-state index is 0.467. The number of benzene rings is 3. The van der Waals surface area contributed by atoms with Gasteiger partial charge in [-0.25, -0.2) is 14.6 Å². The van der Waals surface area contributed by atoms with Gasteiger partial charge in [0.15, 0.2) is 5.60 Å². The molecule has 0 spiro atoms. The number of aromatic nitrogens is 5.